The molecule has 0 aliphatic heterocycles. The second kappa shape index (κ2) is 6.08. The summed E-state index contributed by atoms with van der Waals surface area (Å²) in [7, 11) is 0. The molecular formula is C18H20ClNO. The second-order valence-corrected chi connectivity index (χ2v) is 6.13. The molecular weight excluding hydrogens is 282 g/mol. The lowest BCUT2D eigenvalue weighted by Crippen LogP contribution is -2.04. The van der Waals surface area contributed by atoms with Gasteiger partial charge in [-0.1, -0.05) is 23.7 Å². The Morgan fingerprint density at radius 1 is 1.05 bits per heavy atom. The molecule has 0 unspecified atom stereocenters. The molecule has 0 spiro atoms. The summed E-state index contributed by atoms with van der Waals surface area (Å²) in [5.74, 6) is 1.53. The fourth-order valence-corrected chi connectivity index (χ4v) is 3.01. The Balaban J connectivity index is 1.83. The maximum atomic E-state index is 6.29. The Bertz CT molecular complexity index is 652. The van der Waals surface area contributed by atoms with E-state index in [-0.39, 0.29) is 6.04 Å². The largest absolute Gasteiger partial charge is 0.456 e. The molecule has 0 radical (unpaired) electrons. The molecule has 0 bridgehead atoms. The zero-order valence-corrected chi connectivity index (χ0v) is 13.0. The van der Waals surface area contributed by atoms with Gasteiger partial charge in [-0.2, -0.15) is 0 Å². The van der Waals surface area contributed by atoms with Crippen molar-refractivity contribution >= 4 is 11.6 Å². The minimum Gasteiger partial charge on any atom is -0.456 e. The van der Waals surface area contributed by atoms with E-state index in [0.29, 0.717) is 10.8 Å². The van der Waals surface area contributed by atoms with E-state index in [0.717, 1.165) is 17.7 Å². The number of hydrogen-bond donors (Lipinski definition) is 1. The molecule has 2 nitrogen and oxygen atoms in total. The van der Waals surface area contributed by atoms with Gasteiger partial charge in [0.25, 0.3) is 0 Å². The van der Waals surface area contributed by atoms with Crippen LogP contribution in [-0.2, 0) is 12.8 Å². The quantitative estimate of drug-likeness (QED) is 0.863. The predicted molar refractivity (Wildman–Crippen MR) is 87.2 cm³/mol. The molecule has 1 aliphatic carbocycles. The average molecular weight is 302 g/mol. The van der Waals surface area contributed by atoms with Gasteiger partial charge in [0, 0.05) is 6.04 Å². The average Bonchev–Trinajstić information content (AvgIpc) is 2.49. The molecule has 2 N–H and O–H groups in total. The first-order chi connectivity index (χ1) is 10.1. The molecule has 3 heteroatoms. The predicted octanol–water partition coefficient (Wildman–Crippen LogP) is 5.03. The van der Waals surface area contributed by atoms with Crippen LogP contribution in [0.25, 0.3) is 0 Å². The minimum absolute atomic E-state index is 0.0275. The summed E-state index contributed by atoms with van der Waals surface area (Å²) in [6, 6.07) is 12.0. The number of aryl methyl sites for hydroxylation is 2. The number of fused-ring (bicyclic) bond motifs is 1. The zero-order chi connectivity index (χ0) is 14.8. The van der Waals surface area contributed by atoms with E-state index in [2.05, 4.69) is 12.1 Å². The molecule has 0 fully saturated rings. The topological polar surface area (TPSA) is 35.2 Å². The van der Waals surface area contributed by atoms with Gasteiger partial charge in [0.2, 0.25) is 0 Å². The first-order valence-electron chi connectivity index (χ1n) is 7.48. The van der Waals surface area contributed by atoms with Crippen LogP contribution >= 0.6 is 11.6 Å². The summed E-state index contributed by atoms with van der Waals surface area (Å²) in [4.78, 5) is 0. The Labute approximate surface area is 130 Å². The first kappa shape index (κ1) is 14.4. The van der Waals surface area contributed by atoms with Gasteiger partial charge in [0.05, 0.1) is 5.02 Å². The number of hydrogen-bond acceptors (Lipinski definition) is 2. The fraction of sp³-hybridized carbons (Fsp3) is 0.333. The Morgan fingerprint density at radius 2 is 1.81 bits per heavy atom. The summed E-state index contributed by atoms with van der Waals surface area (Å²) in [6.07, 6.45) is 4.88. The van der Waals surface area contributed by atoms with Crippen molar-refractivity contribution in [2.45, 2.75) is 38.6 Å². The molecule has 0 aromatic heterocycles. The van der Waals surface area contributed by atoms with Crippen molar-refractivity contribution in [1.82, 2.24) is 0 Å². The molecule has 3 rings (SSSR count). The van der Waals surface area contributed by atoms with Crippen molar-refractivity contribution in [2.24, 2.45) is 5.73 Å². The van der Waals surface area contributed by atoms with Crippen molar-refractivity contribution < 1.29 is 4.74 Å². The van der Waals surface area contributed by atoms with Gasteiger partial charge in [-0.25, -0.2) is 0 Å². The number of nitrogens with two attached hydrogens (primary N) is 1. The highest BCUT2D eigenvalue weighted by atomic mass is 35.5. The fourth-order valence-electron chi connectivity index (χ4n) is 2.78. The Kier molecular flexibility index (Phi) is 4.18. The van der Waals surface area contributed by atoms with Crippen LogP contribution in [0.3, 0.4) is 0 Å². The smallest absolute Gasteiger partial charge is 0.146 e. The molecule has 2 aromatic carbocycles. The lowest BCUT2D eigenvalue weighted by molar-refractivity contribution is 0.480. The highest BCUT2D eigenvalue weighted by Crippen LogP contribution is 2.33. The molecule has 0 saturated heterocycles. The van der Waals surface area contributed by atoms with Crippen molar-refractivity contribution in [2.75, 3.05) is 0 Å². The number of benzene rings is 2. The standard InChI is InChI=1S/C18H20ClNO/c1-12(20)14-7-9-18(17(19)11-14)21-16-8-6-13-4-2-3-5-15(13)10-16/h6-12H,2-5,20H2,1H3/t12-/m0/s1. The highest BCUT2D eigenvalue weighted by molar-refractivity contribution is 6.32. The summed E-state index contributed by atoms with van der Waals surface area (Å²) in [6.45, 7) is 1.94. The van der Waals surface area contributed by atoms with Crippen LogP contribution in [0.2, 0.25) is 5.02 Å². The SMILES string of the molecule is C[C@H](N)c1ccc(Oc2ccc3c(c2)CCCC3)c(Cl)c1. The lowest BCUT2D eigenvalue weighted by atomic mass is 9.92. The van der Waals surface area contributed by atoms with Crippen LogP contribution in [-0.4, -0.2) is 0 Å². The monoisotopic (exact) mass is 301 g/mol. The van der Waals surface area contributed by atoms with Crippen LogP contribution in [0.1, 0.15) is 42.5 Å². The third-order valence-corrected chi connectivity index (χ3v) is 4.32. The van der Waals surface area contributed by atoms with Crippen molar-refractivity contribution in [3.63, 3.8) is 0 Å². The highest BCUT2D eigenvalue weighted by Gasteiger charge is 2.11. The summed E-state index contributed by atoms with van der Waals surface area (Å²) >= 11 is 6.29. The van der Waals surface area contributed by atoms with Gasteiger partial charge < -0.3 is 10.5 Å². The third-order valence-electron chi connectivity index (χ3n) is 4.03. The van der Waals surface area contributed by atoms with Gasteiger partial charge in [0.1, 0.15) is 11.5 Å². The third kappa shape index (κ3) is 3.22. The van der Waals surface area contributed by atoms with E-state index in [1.54, 1.807) is 0 Å². The zero-order valence-electron chi connectivity index (χ0n) is 12.2. The summed E-state index contributed by atoms with van der Waals surface area (Å²) < 4.78 is 5.94. The molecule has 21 heavy (non-hydrogen) atoms. The number of halogens is 1. The minimum atomic E-state index is -0.0275. The van der Waals surface area contributed by atoms with E-state index in [9.17, 15) is 0 Å². The van der Waals surface area contributed by atoms with Crippen molar-refractivity contribution in [3.05, 3.63) is 58.1 Å². The van der Waals surface area contributed by atoms with Gasteiger partial charge >= 0.3 is 0 Å². The first-order valence-corrected chi connectivity index (χ1v) is 7.86. The van der Waals surface area contributed by atoms with Gasteiger partial charge in [-0.05, 0) is 73.6 Å². The Hall–Kier alpha value is -1.51. The van der Waals surface area contributed by atoms with E-state index in [4.69, 9.17) is 22.1 Å². The molecule has 0 saturated carbocycles. The molecule has 1 aliphatic rings. The van der Waals surface area contributed by atoms with Gasteiger partial charge in [0.15, 0.2) is 0 Å². The maximum absolute atomic E-state index is 6.29. The van der Waals surface area contributed by atoms with Crippen LogP contribution in [0.15, 0.2) is 36.4 Å². The summed E-state index contributed by atoms with van der Waals surface area (Å²) in [5.41, 5.74) is 9.73. The van der Waals surface area contributed by atoms with Crippen LogP contribution in [0, 0.1) is 0 Å². The van der Waals surface area contributed by atoms with Crippen LogP contribution in [0.4, 0.5) is 0 Å². The Morgan fingerprint density at radius 3 is 2.52 bits per heavy atom. The van der Waals surface area contributed by atoms with E-state index >= 15 is 0 Å². The summed E-state index contributed by atoms with van der Waals surface area (Å²) in [5, 5.41) is 0.600. The molecule has 0 heterocycles. The lowest BCUT2D eigenvalue weighted by Gasteiger charge is -2.17. The number of ether oxygens (including phenoxy) is 1. The molecule has 1 atom stereocenters. The van der Waals surface area contributed by atoms with Crippen LogP contribution in [0.5, 0.6) is 11.5 Å². The van der Waals surface area contributed by atoms with E-state index < -0.39 is 0 Å². The second-order valence-electron chi connectivity index (χ2n) is 5.72. The molecule has 2 aromatic rings. The number of rotatable bonds is 3. The van der Waals surface area contributed by atoms with Gasteiger partial charge in [-0.15, -0.1) is 0 Å². The molecule has 0 amide bonds. The van der Waals surface area contributed by atoms with Crippen molar-refractivity contribution in [1.29, 1.82) is 0 Å². The van der Waals surface area contributed by atoms with Gasteiger partial charge in [-0.3, -0.25) is 0 Å². The van der Waals surface area contributed by atoms with E-state index in [1.165, 1.54) is 30.4 Å². The van der Waals surface area contributed by atoms with Crippen LogP contribution < -0.4 is 10.5 Å². The van der Waals surface area contributed by atoms with E-state index in [1.807, 2.05) is 31.2 Å². The maximum Gasteiger partial charge on any atom is 0.146 e. The normalized spacial score (nSPS) is 15.4. The van der Waals surface area contributed by atoms with Crippen molar-refractivity contribution in [3.8, 4) is 11.5 Å². The molecule has 110 valence electrons.